The number of benzene rings is 1. The number of methoxy groups -OCH3 is 1. The quantitative estimate of drug-likeness (QED) is 0.752. The first-order valence-electron chi connectivity index (χ1n) is 5.25. The van der Waals surface area contributed by atoms with Crippen LogP contribution in [-0.2, 0) is 13.9 Å². The Morgan fingerprint density at radius 1 is 1.39 bits per heavy atom. The number of ether oxygens (including phenoxy) is 1. The number of hydrogen-bond acceptors (Lipinski definition) is 5. The Hall–Kier alpha value is -1.20. The van der Waals surface area contributed by atoms with Crippen LogP contribution < -0.4 is 10.5 Å². The van der Waals surface area contributed by atoms with E-state index in [1.165, 1.54) is 14.0 Å². The minimum Gasteiger partial charge on any atom is -0.497 e. The van der Waals surface area contributed by atoms with Crippen molar-refractivity contribution in [3.63, 3.8) is 0 Å². The molecule has 0 saturated carbocycles. The van der Waals surface area contributed by atoms with Crippen molar-refractivity contribution in [3.05, 3.63) is 29.8 Å². The molecule has 0 aromatic heterocycles. The van der Waals surface area contributed by atoms with Gasteiger partial charge in [-0.3, -0.25) is 13.9 Å². The summed E-state index contributed by atoms with van der Waals surface area (Å²) in [5, 5.41) is 0. The molecule has 1 rings (SSSR count). The van der Waals surface area contributed by atoms with E-state index in [0.717, 1.165) is 0 Å². The van der Waals surface area contributed by atoms with Gasteiger partial charge in [-0.15, -0.1) is 0 Å². The summed E-state index contributed by atoms with van der Waals surface area (Å²) in [7, 11) is -1.68. The molecule has 6 nitrogen and oxygen atoms in total. The summed E-state index contributed by atoms with van der Waals surface area (Å²) in [6, 6.07) is 5.94. The summed E-state index contributed by atoms with van der Waals surface area (Å²) >= 11 is 0. The lowest BCUT2D eigenvalue weighted by molar-refractivity contribution is -0.124. The number of ketones is 1. The highest BCUT2D eigenvalue weighted by Crippen LogP contribution is 2.27. The Bertz CT molecular complexity index is 434. The first kappa shape index (κ1) is 14.9. The van der Waals surface area contributed by atoms with Crippen molar-refractivity contribution >= 4 is 14.0 Å². The van der Waals surface area contributed by atoms with Crippen LogP contribution in [0, 0.1) is 0 Å². The highest BCUT2D eigenvalue weighted by molar-refractivity contribution is 7.32. The third-order valence-corrected chi connectivity index (χ3v) is 2.91. The van der Waals surface area contributed by atoms with Gasteiger partial charge in [0, 0.05) is 0 Å². The fourth-order valence-electron chi connectivity index (χ4n) is 1.52. The standard InChI is InChI=1S/C11H16NO5P/c1-7(13)11(17-18(14)15)10(12)8-3-5-9(16-2)6-4-8/h3-6,10-11,18H,12H2,1-2H3,(H,14,15). The molecular formula is C11H16NO5P. The second-order valence-electron chi connectivity index (χ2n) is 3.71. The van der Waals surface area contributed by atoms with Crippen LogP contribution in [0.2, 0.25) is 0 Å². The fraction of sp³-hybridized carbons (Fsp3) is 0.364. The molecular weight excluding hydrogens is 257 g/mol. The van der Waals surface area contributed by atoms with Gasteiger partial charge in [-0.1, -0.05) is 12.1 Å². The largest absolute Gasteiger partial charge is 0.497 e. The summed E-state index contributed by atoms with van der Waals surface area (Å²) in [5.74, 6) is 0.257. The van der Waals surface area contributed by atoms with Crippen LogP contribution in [0.1, 0.15) is 18.5 Å². The summed E-state index contributed by atoms with van der Waals surface area (Å²) < 4.78 is 20.4. The lowest BCUT2D eigenvalue weighted by Crippen LogP contribution is -2.33. The first-order valence-corrected chi connectivity index (χ1v) is 6.51. The summed E-state index contributed by atoms with van der Waals surface area (Å²) in [4.78, 5) is 20.1. The van der Waals surface area contributed by atoms with Crippen molar-refractivity contribution in [2.45, 2.75) is 19.1 Å². The molecule has 0 bridgehead atoms. The van der Waals surface area contributed by atoms with E-state index in [0.29, 0.717) is 11.3 Å². The van der Waals surface area contributed by atoms with Crippen molar-refractivity contribution in [1.29, 1.82) is 0 Å². The Labute approximate surface area is 106 Å². The van der Waals surface area contributed by atoms with Gasteiger partial charge in [0.05, 0.1) is 13.2 Å². The SMILES string of the molecule is COc1ccc(C(N)C(O[PH](=O)O)C(C)=O)cc1. The zero-order chi connectivity index (χ0) is 13.7. The Morgan fingerprint density at radius 3 is 2.33 bits per heavy atom. The molecule has 1 aromatic carbocycles. The maximum absolute atomic E-state index is 11.4. The van der Waals surface area contributed by atoms with Gasteiger partial charge in [-0.25, -0.2) is 0 Å². The third-order valence-electron chi connectivity index (χ3n) is 2.46. The van der Waals surface area contributed by atoms with E-state index in [1.54, 1.807) is 24.3 Å². The molecule has 0 amide bonds. The van der Waals surface area contributed by atoms with Crippen LogP contribution in [0.3, 0.4) is 0 Å². The lowest BCUT2D eigenvalue weighted by Gasteiger charge is -2.20. The molecule has 3 unspecified atom stereocenters. The average molecular weight is 273 g/mol. The number of Topliss-reactive ketones (excluding diaryl/α,β-unsaturated/α-hetero) is 1. The van der Waals surface area contributed by atoms with Gasteiger partial charge in [0.25, 0.3) is 0 Å². The van der Waals surface area contributed by atoms with Gasteiger partial charge >= 0.3 is 8.25 Å². The van der Waals surface area contributed by atoms with E-state index in [-0.39, 0.29) is 0 Å². The minimum atomic E-state index is -3.22. The molecule has 1 aromatic rings. The highest BCUT2D eigenvalue weighted by Gasteiger charge is 2.26. The molecule has 0 spiro atoms. The van der Waals surface area contributed by atoms with E-state index in [2.05, 4.69) is 4.52 Å². The first-order chi connectivity index (χ1) is 8.45. The number of rotatable bonds is 6. The van der Waals surface area contributed by atoms with E-state index in [4.69, 9.17) is 15.4 Å². The number of hydrogen-bond donors (Lipinski definition) is 2. The normalized spacial score (nSPS) is 15.8. The monoisotopic (exact) mass is 273 g/mol. The maximum Gasteiger partial charge on any atom is 0.317 e. The molecule has 18 heavy (non-hydrogen) atoms. The maximum atomic E-state index is 11.4. The van der Waals surface area contributed by atoms with Crippen LogP contribution in [0.5, 0.6) is 5.75 Å². The van der Waals surface area contributed by atoms with Gasteiger partial charge in [0.1, 0.15) is 11.9 Å². The minimum absolute atomic E-state index is 0.397. The third kappa shape index (κ3) is 3.92. The van der Waals surface area contributed by atoms with Crippen LogP contribution >= 0.6 is 8.25 Å². The topological polar surface area (TPSA) is 98.8 Å². The van der Waals surface area contributed by atoms with Gasteiger partial charge in [-0.2, -0.15) is 0 Å². The molecule has 0 heterocycles. The summed E-state index contributed by atoms with van der Waals surface area (Å²) in [6.07, 6.45) is -1.13. The molecule has 7 heteroatoms. The second kappa shape index (κ2) is 6.66. The molecule has 100 valence electrons. The Kier molecular flexibility index (Phi) is 5.50. The Morgan fingerprint density at radius 2 is 1.94 bits per heavy atom. The van der Waals surface area contributed by atoms with E-state index >= 15 is 0 Å². The molecule has 3 atom stereocenters. The van der Waals surface area contributed by atoms with E-state index < -0.39 is 26.2 Å². The summed E-state index contributed by atoms with van der Waals surface area (Å²) in [6.45, 7) is 1.26. The van der Waals surface area contributed by atoms with Gasteiger partial charge < -0.3 is 15.4 Å². The Balaban J connectivity index is 2.90. The molecule has 0 radical (unpaired) electrons. The molecule has 0 aliphatic carbocycles. The number of carbonyl (C=O) groups is 1. The van der Waals surface area contributed by atoms with Gasteiger partial charge in [0.2, 0.25) is 0 Å². The molecule has 0 aliphatic heterocycles. The smallest absolute Gasteiger partial charge is 0.317 e. The molecule has 3 N–H and O–H groups in total. The average Bonchev–Trinajstić information content (AvgIpc) is 2.34. The highest BCUT2D eigenvalue weighted by atomic mass is 31.1. The van der Waals surface area contributed by atoms with Crippen molar-refractivity contribution < 1.29 is 23.5 Å². The van der Waals surface area contributed by atoms with Crippen LogP contribution in [0.15, 0.2) is 24.3 Å². The van der Waals surface area contributed by atoms with Crippen molar-refractivity contribution in [3.8, 4) is 5.75 Å². The van der Waals surface area contributed by atoms with Crippen LogP contribution in [-0.4, -0.2) is 23.9 Å². The van der Waals surface area contributed by atoms with E-state index in [9.17, 15) is 9.36 Å². The van der Waals surface area contributed by atoms with Gasteiger partial charge in [0.15, 0.2) is 5.78 Å². The summed E-state index contributed by atoms with van der Waals surface area (Å²) in [5.41, 5.74) is 6.48. The number of nitrogens with two attached hydrogens (primary N) is 1. The van der Waals surface area contributed by atoms with Gasteiger partial charge in [-0.05, 0) is 24.6 Å². The van der Waals surface area contributed by atoms with Crippen LogP contribution in [0.4, 0.5) is 0 Å². The fourth-order valence-corrected chi connectivity index (χ4v) is 2.05. The number of carbonyl (C=O) groups excluding carboxylic acids is 1. The zero-order valence-electron chi connectivity index (χ0n) is 10.1. The van der Waals surface area contributed by atoms with Crippen molar-refractivity contribution in [2.75, 3.05) is 7.11 Å². The zero-order valence-corrected chi connectivity index (χ0v) is 11.1. The molecule has 0 saturated heterocycles. The molecule has 0 fully saturated rings. The predicted octanol–water partition coefficient (Wildman–Crippen LogP) is 1.05. The van der Waals surface area contributed by atoms with Crippen molar-refractivity contribution in [1.82, 2.24) is 0 Å². The predicted molar refractivity (Wildman–Crippen MR) is 66.7 cm³/mol. The lowest BCUT2D eigenvalue weighted by atomic mass is 10.00. The second-order valence-corrected chi connectivity index (χ2v) is 4.48. The van der Waals surface area contributed by atoms with Crippen LogP contribution in [0.25, 0.3) is 0 Å². The molecule has 0 aliphatic rings. The van der Waals surface area contributed by atoms with Crippen molar-refractivity contribution in [2.24, 2.45) is 5.73 Å². The van der Waals surface area contributed by atoms with E-state index in [1.807, 2.05) is 0 Å².